The Morgan fingerprint density at radius 3 is 1.81 bits per heavy atom. The monoisotopic (exact) mass is 743 g/mol. The molecule has 0 fully saturated rings. The third-order valence-corrected chi connectivity index (χ3v) is 12.9. The van der Waals surface area contributed by atoms with Crippen molar-refractivity contribution >= 4 is 103 Å². The Kier molecular flexibility index (Phi) is 7.13. The van der Waals surface area contributed by atoms with Gasteiger partial charge in [-0.3, -0.25) is 0 Å². The third-order valence-electron chi connectivity index (χ3n) is 11.7. The second-order valence-electron chi connectivity index (χ2n) is 14.8. The van der Waals surface area contributed by atoms with E-state index in [9.17, 15) is 0 Å². The van der Waals surface area contributed by atoms with E-state index in [4.69, 9.17) is 4.42 Å². The van der Waals surface area contributed by atoms with Crippen molar-refractivity contribution in [2.45, 2.75) is 0 Å². The second kappa shape index (κ2) is 12.7. The van der Waals surface area contributed by atoms with E-state index in [-0.39, 0.29) is 0 Å². The predicted octanol–water partition coefficient (Wildman–Crippen LogP) is 16.2. The van der Waals surface area contributed by atoms with Gasteiger partial charge < -0.3 is 9.32 Å². The smallest absolute Gasteiger partial charge is 0.143 e. The van der Waals surface area contributed by atoms with Crippen molar-refractivity contribution in [1.82, 2.24) is 0 Å². The van der Waals surface area contributed by atoms with Crippen LogP contribution in [0.4, 0.5) is 17.1 Å². The predicted molar refractivity (Wildman–Crippen MR) is 245 cm³/mol. The molecular weight excluding hydrogens is 711 g/mol. The zero-order chi connectivity index (χ0) is 37.5. The molecule has 0 bridgehead atoms. The Morgan fingerprint density at radius 2 is 0.965 bits per heavy atom. The molecular formula is C54H33NOS. The molecule has 0 saturated heterocycles. The van der Waals surface area contributed by atoms with Crippen LogP contribution in [0.2, 0.25) is 0 Å². The van der Waals surface area contributed by atoms with Crippen molar-refractivity contribution in [1.29, 1.82) is 0 Å². The van der Waals surface area contributed by atoms with Crippen LogP contribution in [0.15, 0.2) is 205 Å². The molecule has 0 radical (unpaired) electrons. The van der Waals surface area contributed by atoms with Crippen molar-refractivity contribution in [3.63, 3.8) is 0 Å². The SMILES string of the molecule is c1ccc2c(-c3c(N(c4ccc(-c5cccc6c5oc5ccccc56)cc4)c4cccc5c4sc4ccccc45)c4ccccc4c4ccccc34)cccc2c1. The zero-order valence-corrected chi connectivity index (χ0v) is 31.6. The molecule has 12 rings (SSSR count). The highest BCUT2D eigenvalue weighted by atomic mass is 32.1. The Bertz CT molecular complexity index is 3530. The van der Waals surface area contributed by atoms with Crippen molar-refractivity contribution in [2.75, 3.05) is 4.90 Å². The van der Waals surface area contributed by atoms with Crippen molar-refractivity contribution in [3.8, 4) is 22.3 Å². The molecule has 0 aliphatic rings. The van der Waals surface area contributed by atoms with Crippen LogP contribution >= 0.6 is 11.3 Å². The highest BCUT2D eigenvalue weighted by Gasteiger charge is 2.26. The highest BCUT2D eigenvalue weighted by Crippen LogP contribution is 2.53. The number of fused-ring (bicyclic) bond motifs is 10. The van der Waals surface area contributed by atoms with Crippen LogP contribution in [0.5, 0.6) is 0 Å². The summed E-state index contributed by atoms with van der Waals surface area (Å²) in [5.74, 6) is 0. The van der Waals surface area contributed by atoms with Gasteiger partial charge in [0, 0.05) is 48.4 Å². The van der Waals surface area contributed by atoms with E-state index in [1.165, 1.54) is 63.6 Å². The summed E-state index contributed by atoms with van der Waals surface area (Å²) in [6, 6.07) is 72.8. The molecule has 0 aliphatic heterocycles. The molecule has 0 amide bonds. The standard InChI is InChI=1S/C54H33NOS/c1-2-16-37-34(14-1)15-11-24-43(37)51-44-21-5-3-17-39(44)40-18-4-6-22-45(40)52(51)55(48-27-13-26-47-42-20-8-10-29-50(42)57-54(47)48)36-32-30-35(31-33-36)38-23-12-25-46-41-19-7-9-28-49(41)56-53(38)46/h1-33H. The Balaban J connectivity index is 1.19. The van der Waals surface area contributed by atoms with Crippen molar-refractivity contribution in [3.05, 3.63) is 200 Å². The average Bonchev–Trinajstić information content (AvgIpc) is 3.86. The number of rotatable bonds is 5. The Morgan fingerprint density at radius 1 is 0.386 bits per heavy atom. The molecule has 0 saturated carbocycles. The summed E-state index contributed by atoms with van der Waals surface area (Å²) in [5, 5.41) is 12.2. The Hall–Kier alpha value is -7.20. The van der Waals surface area contributed by atoms with Gasteiger partial charge in [-0.2, -0.15) is 0 Å². The van der Waals surface area contributed by atoms with Crippen LogP contribution in [0.1, 0.15) is 0 Å². The average molecular weight is 744 g/mol. The van der Waals surface area contributed by atoms with Gasteiger partial charge in [-0.15, -0.1) is 11.3 Å². The number of para-hydroxylation sites is 2. The normalized spacial score (nSPS) is 11.9. The van der Waals surface area contributed by atoms with Gasteiger partial charge >= 0.3 is 0 Å². The van der Waals surface area contributed by atoms with E-state index in [1.807, 2.05) is 17.4 Å². The molecule has 2 aromatic heterocycles. The molecule has 0 aliphatic carbocycles. The first-order chi connectivity index (χ1) is 28.3. The maximum absolute atomic E-state index is 6.51. The van der Waals surface area contributed by atoms with Crippen molar-refractivity contribution < 1.29 is 4.42 Å². The van der Waals surface area contributed by atoms with Gasteiger partial charge in [0.2, 0.25) is 0 Å². The van der Waals surface area contributed by atoms with Crippen LogP contribution in [0, 0.1) is 0 Å². The lowest BCUT2D eigenvalue weighted by atomic mass is 9.88. The molecule has 12 aromatic rings. The van der Waals surface area contributed by atoms with Gasteiger partial charge in [0.1, 0.15) is 11.2 Å². The van der Waals surface area contributed by atoms with Gasteiger partial charge in [-0.05, 0) is 68.4 Å². The van der Waals surface area contributed by atoms with Gasteiger partial charge in [0.15, 0.2) is 0 Å². The second-order valence-corrected chi connectivity index (χ2v) is 15.8. The molecule has 2 heterocycles. The summed E-state index contributed by atoms with van der Waals surface area (Å²) in [5.41, 5.74) is 9.85. The van der Waals surface area contributed by atoms with Gasteiger partial charge in [-0.25, -0.2) is 0 Å². The molecule has 266 valence electrons. The van der Waals surface area contributed by atoms with E-state index in [0.29, 0.717) is 0 Å². The highest BCUT2D eigenvalue weighted by molar-refractivity contribution is 7.26. The lowest BCUT2D eigenvalue weighted by molar-refractivity contribution is 0.670. The largest absolute Gasteiger partial charge is 0.455 e. The Labute approximate surface area is 333 Å². The van der Waals surface area contributed by atoms with Crippen LogP contribution < -0.4 is 4.90 Å². The first-order valence-electron chi connectivity index (χ1n) is 19.4. The number of hydrogen-bond donors (Lipinski definition) is 0. The quantitative estimate of drug-likeness (QED) is 0.163. The summed E-state index contributed by atoms with van der Waals surface area (Å²) >= 11 is 1.87. The van der Waals surface area contributed by atoms with Crippen LogP contribution in [0.3, 0.4) is 0 Å². The molecule has 0 spiro atoms. The van der Waals surface area contributed by atoms with E-state index in [1.54, 1.807) is 0 Å². The lowest BCUT2D eigenvalue weighted by Gasteiger charge is -2.31. The zero-order valence-electron chi connectivity index (χ0n) is 30.8. The summed E-state index contributed by atoms with van der Waals surface area (Å²) in [6.45, 7) is 0. The van der Waals surface area contributed by atoms with E-state index < -0.39 is 0 Å². The maximum atomic E-state index is 6.51. The molecule has 2 nitrogen and oxygen atoms in total. The first kappa shape index (κ1) is 32.1. The van der Waals surface area contributed by atoms with E-state index in [0.717, 1.165) is 50.1 Å². The molecule has 10 aromatic carbocycles. The fourth-order valence-corrected chi connectivity index (χ4v) is 10.3. The van der Waals surface area contributed by atoms with Gasteiger partial charge in [0.25, 0.3) is 0 Å². The molecule has 3 heteroatoms. The fourth-order valence-electron chi connectivity index (χ4n) is 9.13. The summed E-state index contributed by atoms with van der Waals surface area (Å²) in [6.07, 6.45) is 0. The number of hydrogen-bond acceptors (Lipinski definition) is 3. The van der Waals surface area contributed by atoms with Crippen molar-refractivity contribution in [2.24, 2.45) is 0 Å². The summed E-state index contributed by atoms with van der Waals surface area (Å²) < 4.78 is 9.06. The lowest BCUT2D eigenvalue weighted by Crippen LogP contribution is -2.12. The minimum atomic E-state index is 0.906. The summed E-state index contributed by atoms with van der Waals surface area (Å²) in [4.78, 5) is 2.54. The number of nitrogens with zero attached hydrogens (tertiary/aromatic N) is 1. The number of benzene rings is 10. The van der Waals surface area contributed by atoms with Crippen LogP contribution in [0.25, 0.3) is 96.7 Å². The number of thiophene rings is 1. The fraction of sp³-hybridized carbons (Fsp3) is 0. The third kappa shape index (κ3) is 4.89. The van der Waals surface area contributed by atoms with E-state index >= 15 is 0 Å². The summed E-state index contributed by atoms with van der Waals surface area (Å²) in [7, 11) is 0. The van der Waals surface area contributed by atoms with Crippen LogP contribution in [-0.2, 0) is 0 Å². The van der Waals surface area contributed by atoms with Gasteiger partial charge in [-0.1, -0.05) is 170 Å². The number of anilines is 3. The topological polar surface area (TPSA) is 16.4 Å². The van der Waals surface area contributed by atoms with Crippen LogP contribution in [-0.4, -0.2) is 0 Å². The minimum Gasteiger partial charge on any atom is -0.455 e. The minimum absolute atomic E-state index is 0.906. The first-order valence-corrected chi connectivity index (χ1v) is 20.2. The molecule has 0 atom stereocenters. The van der Waals surface area contributed by atoms with E-state index in [2.05, 4.69) is 199 Å². The molecule has 0 N–H and O–H groups in total. The maximum Gasteiger partial charge on any atom is 0.143 e. The number of furan rings is 1. The van der Waals surface area contributed by atoms with Gasteiger partial charge in [0.05, 0.1) is 16.1 Å². The molecule has 57 heavy (non-hydrogen) atoms. The molecule has 0 unspecified atom stereocenters.